The van der Waals surface area contributed by atoms with Gasteiger partial charge in [0, 0.05) is 19.0 Å². The van der Waals surface area contributed by atoms with Gasteiger partial charge in [-0.3, -0.25) is 4.79 Å². The molecule has 17 heavy (non-hydrogen) atoms. The lowest BCUT2D eigenvalue weighted by Crippen LogP contribution is -2.34. The molecular formula is C13H25N3O. The van der Waals surface area contributed by atoms with Crippen LogP contribution < -0.4 is 10.6 Å². The summed E-state index contributed by atoms with van der Waals surface area (Å²) in [7, 11) is 0. The van der Waals surface area contributed by atoms with Crippen molar-refractivity contribution in [2.45, 2.75) is 44.6 Å². The van der Waals surface area contributed by atoms with Gasteiger partial charge in [-0.05, 0) is 58.3 Å². The first kappa shape index (κ1) is 12.8. The van der Waals surface area contributed by atoms with Gasteiger partial charge in [0.05, 0.1) is 0 Å². The maximum absolute atomic E-state index is 11.4. The van der Waals surface area contributed by atoms with Crippen molar-refractivity contribution >= 4 is 5.91 Å². The number of carbonyl (C=O) groups excluding carboxylic acids is 1. The molecule has 2 fully saturated rings. The average Bonchev–Trinajstić information content (AvgIpc) is 2.74. The fourth-order valence-electron chi connectivity index (χ4n) is 2.76. The molecular weight excluding hydrogens is 214 g/mol. The number of hydrogen-bond acceptors (Lipinski definition) is 3. The van der Waals surface area contributed by atoms with Crippen molar-refractivity contribution in [2.75, 3.05) is 32.7 Å². The van der Waals surface area contributed by atoms with Crippen molar-refractivity contribution in [2.24, 2.45) is 0 Å². The normalized spacial score (nSPS) is 26.8. The molecule has 0 spiro atoms. The van der Waals surface area contributed by atoms with E-state index in [1.165, 1.54) is 38.9 Å². The highest BCUT2D eigenvalue weighted by atomic mass is 16.1. The largest absolute Gasteiger partial charge is 0.356 e. The topological polar surface area (TPSA) is 44.4 Å². The molecule has 2 N–H and O–H groups in total. The van der Waals surface area contributed by atoms with Crippen molar-refractivity contribution < 1.29 is 4.79 Å². The molecule has 0 bridgehead atoms. The summed E-state index contributed by atoms with van der Waals surface area (Å²) in [5, 5.41) is 6.45. The van der Waals surface area contributed by atoms with Crippen LogP contribution in [-0.4, -0.2) is 49.6 Å². The van der Waals surface area contributed by atoms with Crippen LogP contribution in [0.2, 0.25) is 0 Å². The number of nitrogens with zero attached hydrogens (tertiary/aromatic N) is 1. The zero-order chi connectivity index (χ0) is 11.9. The Bertz CT molecular complexity index is 239. The molecule has 0 radical (unpaired) electrons. The first-order chi connectivity index (χ1) is 8.34. The van der Waals surface area contributed by atoms with Crippen LogP contribution in [-0.2, 0) is 4.79 Å². The van der Waals surface area contributed by atoms with Crippen LogP contribution in [0.4, 0.5) is 0 Å². The van der Waals surface area contributed by atoms with Crippen molar-refractivity contribution in [1.29, 1.82) is 0 Å². The van der Waals surface area contributed by atoms with Gasteiger partial charge in [0.1, 0.15) is 0 Å². The van der Waals surface area contributed by atoms with E-state index in [9.17, 15) is 4.79 Å². The Morgan fingerprint density at radius 2 is 2.12 bits per heavy atom. The number of carbonyl (C=O) groups is 1. The summed E-state index contributed by atoms with van der Waals surface area (Å²) in [4.78, 5) is 13.9. The monoisotopic (exact) mass is 239 g/mol. The maximum atomic E-state index is 11.4. The molecule has 98 valence electrons. The smallest absolute Gasteiger partial charge is 0.221 e. The third-order valence-corrected chi connectivity index (χ3v) is 3.77. The van der Waals surface area contributed by atoms with E-state index in [0.29, 0.717) is 12.5 Å². The van der Waals surface area contributed by atoms with Gasteiger partial charge >= 0.3 is 0 Å². The quantitative estimate of drug-likeness (QED) is 0.695. The summed E-state index contributed by atoms with van der Waals surface area (Å²) >= 11 is 0. The van der Waals surface area contributed by atoms with Crippen LogP contribution in [0.15, 0.2) is 0 Å². The van der Waals surface area contributed by atoms with Crippen molar-refractivity contribution in [3.8, 4) is 0 Å². The summed E-state index contributed by atoms with van der Waals surface area (Å²) < 4.78 is 0. The van der Waals surface area contributed by atoms with E-state index < -0.39 is 0 Å². The summed E-state index contributed by atoms with van der Waals surface area (Å²) in [5.74, 6) is 0.208. The van der Waals surface area contributed by atoms with Crippen molar-refractivity contribution in [3.05, 3.63) is 0 Å². The number of nitrogens with one attached hydrogen (secondary N) is 2. The molecule has 1 atom stereocenters. The molecule has 0 aromatic heterocycles. The molecule has 1 amide bonds. The van der Waals surface area contributed by atoms with Gasteiger partial charge in [-0.15, -0.1) is 0 Å². The van der Waals surface area contributed by atoms with E-state index in [2.05, 4.69) is 15.5 Å². The highest BCUT2D eigenvalue weighted by Crippen LogP contribution is 2.08. The van der Waals surface area contributed by atoms with Crippen LogP contribution in [0.5, 0.6) is 0 Å². The van der Waals surface area contributed by atoms with E-state index in [1.807, 2.05) is 0 Å². The van der Waals surface area contributed by atoms with Gasteiger partial charge in [-0.2, -0.15) is 0 Å². The number of amides is 1. The predicted molar refractivity (Wildman–Crippen MR) is 68.9 cm³/mol. The van der Waals surface area contributed by atoms with Gasteiger partial charge in [0.2, 0.25) is 5.91 Å². The Kier molecular flexibility index (Phi) is 5.26. The SMILES string of the molecule is O=C1CC(NCCCN2CCCC2)CCCN1. The summed E-state index contributed by atoms with van der Waals surface area (Å²) in [6.07, 6.45) is 6.84. The second-order valence-electron chi connectivity index (χ2n) is 5.25. The Balaban J connectivity index is 1.55. The first-order valence-electron chi connectivity index (χ1n) is 7.07. The Morgan fingerprint density at radius 3 is 2.94 bits per heavy atom. The molecule has 0 aliphatic carbocycles. The molecule has 0 saturated carbocycles. The minimum Gasteiger partial charge on any atom is -0.356 e. The minimum atomic E-state index is 0.208. The Morgan fingerprint density at radius 1 is 1.29 bits per heavy atom. The lowest BCUT2D eigenvalue weighted by Gasteiger charge is -2.17. The molecule has 4 heteroatoms. The Hall–Kier alpha value is -0.610. The molecule has 2 heterocycles. The van der Waals surface area contributed by atoms with Crippen LogP contribution in [0, 0.1) is 0 Å². The number of rotatable bonds is 5. The Labute approximate surface area is 104 Å². The van der Waals surface area contributed by atoms with Crippen LogP contribution in [0.3, 0.4) is 0 Å². The van der Waals surface area contributed by atoms with E-state index in [4.69, 9.17) is 0 Å². The van der Waals surface area contributed by atoms with E-state index in [1.54, 1.807) is 0 Å². The molecule has 2 rings (SSSR count). The van der Waals surface area contributed by atoms with Gasteiger partial charge in [-0.25, -0.2) is 0 Å². The average molecular weight is 239 g/mol. The molecule has 2 saturated heterocycles. The zero-order valence-corrected chi connectivity index (χ0v) is 10.7. The molecule has 1 unspecified atom stereocenters. The fourth-order valence-corrected chi connectivity index (χ4v) is 2.76. The van der Waals surface area contributed by atoms with E-state index in [0.717, 1.165) is 25.9 Å². The van der Waals surface area contributed by atoms with E-state index in [-0.39, 0.29) is 5.91 Å². The van der Waals surface area contributed by atoms with Crippen molar-refractivity contribution in [3.63, 3.8) is 0 Å². The minimum absolute atomic E-state index is 0.208. The first-order valence-corrected chi connectivity index (χ1v) is 7.07. The second kappa shape index (κ2) is 6.97. The maximum Gasteiger partial charge on any atom is 0.221 e. The summed E-state index contributed by atoms with van der Waals surface area (Å²) in [6.45, 7) is 5.68. The highest BCUT2D eigenvalue weighted by molar-refractivity contribution is 5.76. The van der Waals surface area contributed by atoms with Crippen LogP contribution in [0.1, 0.15) is 38.5 Å². The molecule has 0 aromatic carbocycles. The summed E-state index contributed by atoms with van der Waals surface area (Å²) in [6, 6.07) is 0.399. The third kappa shape index (κ3) is 4.64. The molecule has 2 aliphatic heterocycles. The van der Waals surface area contributed by atoms with Gasteiger partial charge in [-0.1, -0.05) is 0 Å². The molecule has 2 aliphatic rings. The lowest BCUT2D eigenvalue weighted by molar-refractivity contribution is -0.121. The third-order valence-electron chi connectivity index (χ3n) is 3.77. The summed E-state index contributed by atoms with van der Waals surface area (Å²) in [5.41, 5.74) is 0. The van der Waals surface area contributed by atoms with Gasteiger partial charge in [0.15, 0.2) is 0 Å². The van der Waals surface area contributed by atoms with E-state index >= 15 is 0 Å². The number of hydrogen-bond donors (Lipinski definition) is 2. The van der Waals surface area contributed by atoms with Gasteiger partial charge < -0.3 is 15.5 Å². The van der Waals surface area contributed by atoms with Crippen LogP contribution >= 0.6 is 0 Å². The van der Waals surface area contributed by atoms with Crippen molar-refractivity contribution in [1.82, 2.24) is 15.5 Å². The lowest BCUT2D eigenvalue weighted by atomic mass is 10.1. The van der Waals surface area contributed by atoms with Gasteiger partial charge in [0.25, 0.3) is 0 Å². The fraction of sp³-hybridized carbons (Fsp3) is 0.923. The predicted octanol–water partition coefficient (Wildman–Crippen LogP) is 0.731. The highest BCUT2D eigenvalue weighted by Gasteiger charge is 2.16. The second-order valence-corrected chi connectivity index (χ2v) is 5.25. The van der Waals surface area contributed by atoms with Crippen LogP contribution in [0.25, 0.3) is 0 Å². The molecule has 0 aromatic rings. The number of likely N-dealkylation sites (tertiary alicyclic amines) is 1. The standard InChI is InChI=1S/C13H25N3O/c17-13-11-12(5-3-6-15-13)14-7-4-10-16-8-1-2-9-16/h12,14H,1-11H2,(H,15,17). The molecule has 4 nitrogen and oxygen atoms in total. The zero-order valence-electron chi connectivity index (χ0n) is 10.7.